The number of hydrogen-bond acceptors (Lipinski definition) is 4. The molecule has 0 saturated heterocycles. The minimum atomic E-state index is -0.653. The summed E-state index contributed by atoms with van der Waals surface area (Å²) in [6, 6.07) is 8.31. The molecule has 0 bridgehead atoms. The van der Waals surface area contributed by atoms with Crippen molar-refractivity contribution in [3.63, 3.8) is 0 Å². The predicted molar refractivity (Wildman–Crippen MR) is 74.9 cm³/mol. The van der Waals surface area contributed by atoms with Gasteiger partial charge in [-0.05, 0) is 31.5 Å². The van der Waals surface area contributed by atoms with Crippen LogP contribution in [0, 0.1) is 0 Å². The summed E-state index contributed by atoms with van der Waals surface area (Å²) < 4.78 is 0. The van der Waals surface area contributed by atoms with Gasteiger partial charge in [0.25, 0.3) is 0 Å². The van der Waals surface area contributed by atoms with Crippen LogP contribution in [0.5, 0.6) is 0 Å². The highest BCUT2D eigenvalue weighted by Gasteiger charge is 2.24. The SMILES string of the molecule is CC(NC(C)(CO)CO)c1ccc(N(C)C)cc1. The zero-order valence-electron chi connectivity index (χ0n) is 11.6. The van der Waals surface area contributed by atoms with E-state index in [1.165, 1.54) is 0 Å². The molecule has 0 fully saturated rings. The van der Waals surface area contributed by atoms with Gasteiger partial charge in [0, 0.05) is 25.8 Å². The number of aliphatic hydroxyl groups is 2. The first kappa shape index (κ1) is 15.0. The molecular formula is C14H24N2O2. The van der Waals surface area contributed by atoms with Crippen LogP contribution in [0.3, 0.4) is 0 Å². The summed E-state index contributed by atoms with van der Waals surface area (Å²) >= 11 is 0. The molecule has 102 valence electrons. The number of benzene rings is 1. The third-order valence-electron chi connectivity index (χ3n) is 3.17. The normalized spacial score (nSPS) is 13.4. The molecule has 1 rings (SSSR count). The summed E-state index contributed by atoms with van der Waals surface area (Å²) in [7, 11) is 4.01. The molecule has 0 aliphatic rings. The monoisotopic (exact) mass is 252 g/mol. The first-order chi connectivity index (χ1) is 8.41. The van der Waals surface area contributed by atoms with E-state index in [1.807, 2.05) is 25.9 Å². The molecule has 0 aromatic heterocycles. The highest BCUT2D eigenvalue weighted by atomic mass is 16.3. The molecule has 0 radical (unpaired) electrons. The summed E-state index contributed by atoms with van der Waals surface area (Å²) in [5.41, 5.74) is 1.63. The summed E-state index contributed by atoms with van der Waals surface area (Å²) in [6.07, 6.45) is 0. The number of aliphatic hydroxyl groups excluding tert-OH is 2. The fraction of sp³-hybridized carbons (Fsp3) is 0.571. The molecule has 1 aromatic rings. The van der Waals surface area contributed by atoms with Crippen LogP contribution in [0.25, 0.3) is 0 Å². The van der Waals surface area contributed by atoms with Gasteiger partial charge in [-0.2, -0.15) is 0 Å². The number of rotatable bonds is 6. The van der Waals surface area contributed by atoms with Gasteiger partial charge in [-0.3, -0.25) is 0 Å². The molecule has 0 saturated carbocycles. The largest absolute Gasteiger partial charge is 0.394 e. The molecule has 1 aromatic carbocycles. The predicted octanol–water partition coefficient (Wildman–Crippen LogP) is 1.15. The second-order valence-electron chi connectivity index (χ2n) is 5.23. The Bertz CT molecular complexity index is 359. The van der Waals surface area contributed by atoms with E-state index < -0.39 is 5.54 Å². The maximum Gasteiger partial charge on any atom is 0.0633 e. The van der Waals surface area contributed by atoms with E-state index in [9.17, 15) is 10.2 Å². The molecule has 3 N–H and O–H groups in total. The molecule has 0 heterocycles. The molecule has 4 nitrogen and oxygen atoms in total. The lowest BCUT2D eigenvalue weighted by Gasteiger charge is -2.30. The smallest absolute Gasteiger partial charge is 0.0633 e. The zero-order valence-corrected chi connectivity index (χ0v) is 11.6. The topological polar surface area (TPSA) is 55.7 Å². The van der Waals surface area contributed by atoms with Crippen LogP contribution in [0.2, 0.25) is 0 Å². The first-order valence-electron chi connectivity index (χ1n) is 6.18. The van der Waals surface area contributed by atoms with Gasteiger partial charge in [-0.15, -0.1) is 0 Å². The number of anilines is 1. The summed E-state index contributed by atoms with van der Waals surface area (Å²) in [5.74, 6) is 0. The average molecular weight is 252 g/mol. The summed E-state index contributed by atoms with van der Waals surface area (Å²) in [4.78, 5) is 2.05. The molecule has 1 atom stereocenters. The van der Waals surface area contributed by atoms with Gasteiger partial charge in [0.15, 0.2) is 0 Å². The maximum absolute atomic E-state index is 9.27. The van der Waals surface area contributed by atoms with Gasteiger partial charge in [0.2, 0.25) is 0 Å². The number of hydrogen-bond donors (Lipinski definition) is 3. The van der Waals surface area contributed by atoms with Gasteiger partial charge < -0.3 is 20.4 Å². The number of nitrogens with one attached hydrogen (secondary N) is 1. The van der Waals surface area contributed by atoms with Crippen molar-refractivity contribution in [3.8, 4) is 0 Å². The van der Waals surface area contributed by atoms with E-state index in [0.29, 0.717) is 0 Å². The van der Waals surface area contributed by atoms with Crippen molar-refractivity contribution >= 4 is 5.69 Å². The Hall–Kier alpha value is -1.10. The van der Waals surface area contributed by atoms with Gasteiger partial charge in [0.05, 0.1) is 18.8 Å². The zero-order chi connectivity index (χ0) is 13.8. The minimum Gasteiger partial charge on any atom is -0.394 e. The van der Waals surface area contributed by atoms with Gasteiger partial charge >= 0.3 is 0 Å². The molecule has 0 amide bonds. The van der Waals surface area contributed by atoms with Crippen LogP contribution in [0.1, 0.15) is 25.5 Å². The Balaban J connectivity index is 2.75. The molecule has 1 unspecified atom stereocenters. The highest BCUT2D eigenvalue weighted by molar-refractivity contribution is 5.46. The summed E-state index contributed by atoms with van der Waals surface area (Å²) in [6.45, 7) is 3.64. The van der Waals surface area contributed by atoms with Gasteiger partial charge in [0.1, 0.15) is 0 Å². The molecular weight excluding hydrogens is 228 g/mol. The molecule has 0 aliphatic heterocycles. The Morgan fingerprint density at radius 3 is 2.06 bits per heavy atom. The lowest BCUT2D eigenvalue weighted by Crippen LogP contribution is -2.49. The molecule has 0 aliphatic carbocycles. The Morgan fingerprint density at radius 2 is 1.67 bits per heavy atom. The summed E-state index contributed by atoms with van der Waals surface area (Å²) in [5, 5.41) is 21.8. The standard InChI is InChI=1S/C14H24N2O2/c1-11(15-14(2,9-17)10-18)12-5-7-13(8-6-12)16(3)4/h5-8,11,15,17-18H,9-10H2,1-4H3. The quantitative estimate of drug-likeness (QED) is 0.711. The van der Waals surface area contributed by atoms with Crippen molar-refractivity contribution in [1.29, 1.82) is 0 Å². The van der Waals surface area contributed by atoms with Crippen molar-refractivity contribution in [3.05, 3.63) is 29.8 Å². The van der Waals surface area contributed by atoms with Crippen LogP contribution in [0.4, 0.5) is 5.69 Å². The van der Waals surface area contributed by atoms with Crippen molar-refractivity contribution in [2.24, 2.45) is 0 Å². The molecule has 18 heavy (non-hydrogen) atoms. The van der Waals surface area contributed by atoms with Crippen molar-refractivity contribution in [1.82, 2.24) is 5.32 Å². The Labute approximate surface area is 109 Å². The van der Waals surface area contributed by atoms with Gasteiger partial charge in [-0.1, -0.05) is 12.1 Å². The van der Waals surface area contributed by atoms with Gasteiger partial charge in [-0.25, -0.2) is 0 Å². The Morgan fingerprint density at radius 1 is 1.17 bits per heavy atom. The minimum absolute atomic E-state index is 0.0745. The Kier molecular flexibility index (Phi) is 5.14. The van der Waals surface area contributed by atoms with Crippen LogP contribution in [-0.2, 0) is 0 Å². The fourth-order valence-electron chi connectivity index (χ4n) is 1.81. The second kappa shape index (κ2) is 6.18. The van der Waals surface area contributed by atoms with E-state index in [1.54, 1.807) is 6.92 Å². The van der Waals surface area contributed by atoms with Crippen LogP contribution < -0.4 is 10.2 Å². The highest BCUT2D eigenvalue weighted by Crippen LogP contribution is 2.19. The fourth-order valence-corrected chi connectivity index (χ4v) is 1.81. The average Bonchev–Trinajstić information content (AvgIpc) is 2.38. The third-order valence-corrected chi connectivity index (χ3v) is 3.17. The molecule has 0 spiro atoms. The van der Waals surface area contributed by atoms with Crippen molar-refractivity contribution in [2.75, 3.05) is 32.2 Å². The van der Waals surface area contributed by atoms with Crippen molar-refractivity contribution < 1.29 is 10.2 Å². The molecule has 4 heteroatoms. The maximum atomic E-state index is 9.27. The lowest BCUT2D eigenvalue weighted by molar-refractivity contribution is 0.0957. The van der Waals surface area contributed by atoms with E-state index in [-0.39, 0.29) is 19.3 Å². The second-order valence-corrected chi connectivity index (χ2v) is 5.23. The van der Waals surface area contributed by atoms with Crippen LogP contribution in [0.15, 0.2) is 24.3 Å². The van der Waals surface area contributed by atoms with E-state index in [2.05, 4.69) is 29.6 Å². The first-order valence-corrected chi connectivity index (χ1v) is 6.18. The van der Waals surface area contributed by atoms with E-state index >= 15 is 0 Å². The van der Waals surface area contributed by atoms with E-state index in [4.69, 9.17) is 0 Å². The van der Waals surface area contributed by atoms with Crippen LogP contribution in [-0.4, -0.2) is 43.1 Å². The number of nitrogens with zero attached hydrogens (tertiary/aromatic N) is 1. The third kappa shape index (κ3) is 3.70. The lowest BCUT2D eigenvalue weighted by atomic mass is 10.0. The van der Waals surface area contributed by atoms with E-state index in [0.717, 1.165) is 11.3 Å². The van der Waals surface area contributed by atoms with Crippen LogP contribution >= 0.6 is 0 Å². The van der Waals surface area contributed by atoms with Crippen molar-refractivity contribution in [2.45, 2.75) is 25.4 Å².